The van der Waals surface area contributed by atoms with E-state index in [2.05, 4.69) is 10.6 Å². The summed E-state index contributed by atoms with van der Waals surface area (Å²) in [5.41, 5.74) is 2.36. The second kappa shape index (κ2) is 9.17. The Morgan fingerprint density at radius 3 is 2.32 bits per heavy atom. The van der Waals surface area contributed by atoms with Gasteiger partial charge in [-0.15, -0.1) is 0 Å². The molecule has 31 heavy (non-hydrogen) atoms. The molecule has 0 bridgehead atoms. The molecule has 0 radical (unpaired) electrons. The molecule has 0 saturated carbocycles. The van der Waals surface area contributed by atoms with Crippen molar-refractivity contribution in [1.29, 1.82) is 0 Å². The minimum Gasteiger partial charge on any atom is -0.494 e. The Balaban J connectivity index is 1.56. The number of nitrogens with one attached hydrogen (secondary N) is 2. The lowest BCUT2D eigenvalue weighted by Crippen LogP contribution is -2.18. The number of amides is 2. The summed E-state index contributed by atoms with van der Waals surface area (Å²) in [7, 11) is 0. The SMILES string of the molecule is CCOc1ccc(CC(=O)Nc2c(C(=O)Nc3ccccc3)oc3ccccc23)cc1. The zero-order valence-electron chi connectivity index (χ0n) is 17.1. The Morgan fingerprint density at radius 1 is 0.871 bits per heavy atom. The number of furan rings is 1. The summed E-state index contributed by atoms with van der Waals surface area (Å²) in [6, 6.07) is 23.7. The molecule has 1 aromatic heterocycles. The third kappa shape index (κ3) is 4.75. The largest absolute Gasteiger partial charge is 0.494 e. The first-order valence-electron chi connectivity index (χ1n) is 10.0. The van der Waals surface area contributed by atoms with Crippen LogP contribution in [0.15, 0.2) is 83.3 Å². The highest BCUT2D eigenvalue weighted by Gasteiger charge is 2.22. The van der Waals surface area contributed by atoms with E-state index < -0.39 is 5.91 Å². The molecule has 0 spiro atoms. The van der Waals surface area contributed by atoms with Gasteiger partial charge in [-0.05, 0) is 48.9 Å². The average Bonchev–Trinajstić information content (AvgIpc) is 3.14. The van der Waals surface area contributed by atoms with E-state index in [0.29, 0.717) is 29.0 Å². The molecular formula is C25H22N2O4. The molecule has 4 rings (SSSR count). The van der Waals surface area contributed by atoms with E-state index in [1.54, 1.807) is 18.2 Å². The Labute approximate surface area is 179 Å². The maximum Gasteiger partial charge on any atom is 0.293 e. The van der Waals surface area contributed by atoms with Gasteiger partial charge in [0.1, 0.15) is 17.0 Å². The molecule has 0 aliphatic carbocycles. The third-order valence-corrected chi connectivity index (χ3v) is 4.70. The zero-order valence-corrected chi connectivity index (χ0v) is 17.1. The number of ether oxygens (including phenoxy) is 1. The summed E-state index contributed by atoms with van der Waals surface area (Å²) in [6.07, 6.45) is 0.158. The smallest absolute Gasteiger partial charge is 0.293 e. The van der Waals surface area contributed by atoms with Crippen LogP contribution in [0.5, 0.6) is 5.75 Å². The molecule has 6 heteroatoms. The van der Waals surface area contributed by atoms with E-state index in [-0.39, 0.29) is 18.1 Å². The number of anilines is 2. The standard InChI is InChI=1S/C25H22N2O4/c1-2-30-19-14-12-17(13-15-19)16-22(28)27-23-20-10-6-7-11-21(20)31-24(23)25(29)26-18-8-4-3-5-9-18/h3-15H,2,16H2,1H3,(H,26,29)(H,27,28). The molecular weight excluding hydrogens is 392 g/mol. The molecule has 2 amide bonds. The van der Waals surface area contributed by atoms with E-state index in [0.717, 1.165) is 11.3 Å². The number of carbonyl (C=O) groups excluding carboxylic acids is 2. The van der Waals surface area contributed by atoms with Crippen LogP contribution in [-0.4, -0.2) is 18.4 Å². The van der Waals surface area contributed by atoms with Crippen LogP contribution in [0.1, 0.15) is 23.0 Å². The van der Waals surface area contributed by atoms with Crippen molar-refractivity contribution < 1.29 is 18.7 Å². The number of rotatable bonds is 7. The summed E-state index contributed by atoms with van der Waals surface area (Å²) in [5, 5.41) is 6.33. The molecule has 0 unspecified atom stereocenters. The highest BCUT2D eigenvalue weighted by atomic mass is 16.5. The molecule has 0 fully saturated rings. The van der Waals surface area contributed by atoms with Gasteiger partial charge in [-0.2, -0.15) is 0 Å². The quantitative estimate of drug-likeness (QED) is 0.432. The molecule has 0 saturated heterocycles. The fourth-order valence-electron chi connectivity index (χ4n) is 3.28. The van der Waals surface area contributed by atoms with Crippen LogP contribution in [-0.2, 0) is 11.2 Å². The van der Waals surface area contributed by atoms with Crippen molar-refractivity contribution in [2.45, 2.75) is 13.3 Å². The molecule has 1 heterocycles. The van der Waals surface area contributed by atoms with Crippen LogP contribution < -0.4 is 15.4 Å². The van der Waals surface area contributed by atoms with Crippen molar-refractivity contribution >= 4 is 34.2 Å². The van der Waals surface area contributed by atoms with Gasteiger partial charge in [-0.1, -0.05) is 42.5 Å². The topological polar surface area (TPSA) is 80.6 Å². The van der Waals surface area contributed by atoms with Gasteiger partial charge in [-0.3, -0.25) is 9.59 Å². The predicted octanol–water partition coefficient (Wildman–Crippen LogP) is 5.27. The van der Waals surface area contributed by atoms with E-state index in [1.165, 1.54) is 0 Å². The maximum atomic E-state index is 12.9. The average molecular weight is 414 g/mol. The third-order valence-electron chi connectivity index (χ3n) is 4.70. The van der Waals surface area contributed by atoms with Crippen molar-refractivity contribution in [3.63, 3.8) is 0 Å². The Kier molecular flexibility index (Phi) is 5.98. The summed E-state index contributed by atoms with van der Waals surface area (Å²) < 4.78 is 11.2. The summed E-state index contributed by atoms with van der Waals surface area (Å²) in [5.74, 6) is 0.140. The number of fused-ring (bicyclic) bond motifs is 1. The van der Waals surface area contributed by atoms with Gasteiger partial charge in [0.05, 0.1) is 13.0 Å². The lowest BCUT2D eigenvalue weighted by Gasteiger charge is -2.08. The van der Waals surface area contributed by atoms with Gasteiger partial charge >= 0.3 is 0 Å². The molecule has 3 aromatic carbocycles. The highest BCUT2D eigenvalue weighted by Crippen LogP contribution is 2.31. The normalized spacial score (nSPS) is 10.6. The van der Waals surface area contributed by atoms with E-state index in [1.807, 2.05) is 67.6 Å². The first-order valence-corrected chi connectivity index (χ1v) is 10.0. The second-order valence-corrected chi connectivity index (χ2v) is 6.92. The van der Waals surface area contributed by atoms with Gasteiger partial charge in [0, 0.05) is 11.1 Å². The number of carbonyl (C=O) groups is 2. The second-order valence-electron chi connectivity index (χ2n) is 6.92. The minimum absolute atomic E-state index is 0.0603. The van der Waals surface area contributed by atoms with E-state index >= 15 is 0 Å². The van der Waals surface area contributed by atoms with Crippen LogP contribution in [0.4, 0.5) is 11.4 Å². The molecule has 2 N–H and O–H groups in total. The van der Waals surface area contributed by atoms with Gasteiger partial charge in [0.2, 0.25) is 11.7 Å². The summed E-state index contributed by atoms with van der Waals surface area (Å²) in [4.78, 5) is 25.6. The molecule has 156 valence electrons. The van der Waals surface area contributed by atoms with Crippen molar-refractivity contribution in [2.75, 3.05) is 17.2 Å². The number of benzene rings is 3. The van der Waals surface area contributed by atoms with Gasteiger partial charge in [0.25, 0.3) is 5.91 Å². The van der Waals surface area contributed by atoms with Crippen molar-refractivity contribution in [3.8, 4) is 5.75 Å². The molecule has 0 aliphatic heterocycles. The Hall–Kier alpha value is -4.06. The predicted molar refractivity (Wildman–Crippen MR) is 121 cm³/mol. The first kappa shape index (κ1) is 20.2. The summed E-state index contributed by atoms with van der Waals surface area (Å²) in [6.45, 7) is 2.50. The van der Waals surface area contributed by atoms with Gasteiger partial charge < -0.3 is 19.8 Å². The first-order chi connectivity index (χ1) is 15.1. The minimum atomic E-state index is -0.432. The molecule has 0 aliphatic rings. The molecule has 4 aromatic rings. The van der Waals surface area contributed by atoms with Crippen molar-refractivity contribution in [1.82, 2.24) is 0 Å². The van der Waals surface area contributed by atoms with Crippen LogP contribution in [0.3, 0.4) is 0 Å². The number of hydrogen-bond acceptors (Lipinski definition) is 4. The number of hydrogen-bond donors (Lipinski definition) is 2. The maximum absolute atomic E-state index is 12.9. The Morgan fingerprint density at radius 2 is 1.58 bits per heavy atom. The zero-order chi connectivity index (χ0) is 21.6. The molecule has 6 nitrogen and oxygen atoms in total. The van der Waals surface area contributed by atoms with Crippen LogP contribution in [0.25, 0.3) is 11.0 Å². The highest BCUT2D eigenvalue weighted by molar-refractivity contribution is 6.14. The fourth-order valence-corrected chi connectivity index (χ4v) is 3.28. The van der Waals surface area contributed by atoms with E-state index in [9.17, 15) is 9.59 Å². The monoisotopic (exact) mass is 414 g/mol. The van der Waals surface area contributed by atoms with Gasteiger partial charge in [-0.25, -0.2) is 0 Å². The fraction of sp³-hybridized carbons (Fsp3) is 0.120. The Bertz CT molecular complexity index is 1200. The molecule has 0 atom stereocenters. The van der Waals surface area contributed by atoms with Crippen LogP contribution in [0.2, 0.25) is 0 Å². The van der Waals surface area contributed by atoms with Crippen LogP contribution in [0, 0.1) is 0 Å². The lowest BCUT2D eigenvalue weighted by atomic mass is 10.1. The van der Waals surface area contributed by atoms with E-state index in [4.69, 9.17) is 9.15 Å². The lowest BCUT2D eigenvalue weighted by molar-refractivity contribution is -0.115. The summed E-state index contributed by atoms with van der Waals surface area (Å²) >= 11 is 0. The number of para-hydroxylation sites is 2. The van der Waals surface area contributed by atoms with Gasteiger partial charge in [0.15, 0.2) is 0 Å². The van der Waals surface area contributed by atoms with Crippen LogP contribution >= 0.6 is 0 Å². The van der Waals surface area contributed by atoms with Crippen molar-refractivity contribution in [2.24, 2.45) is 0 Å². The van der Waals surface area contributed by atoms with Crippen molar-refractivity contribution in [3.05, 3.63) is 90.2 Å².